The Morgan fingerprint density at radius 3 is 2.33 bits per heavy atom. The molecule has 0 amide bonds. The van der Waals surface area contributed by atoms with Crippen LogP contribution >= 0.6 is 0 Å². The van der Waals surface area contributed by atoms with Crippen molar-refractivity contribution in [1.82, 2.24) is 4.57 Å². The normalized spacial score (nSPS) is 12.6. The number of nitrogens with zero attached hydrogens (tertiary/aromatic N) is 1. The zero-order chi connectivity index (χ0) is 16.0. The number of carbonyl (C=O) groups is 1. The number of aryl methyl sites for hydroxylation is 1. The van der Waals surface area contributed by atoms with Gasteiger partial charge in [-0.3, -0.25) is 4.55 Å². The van der Waals surface area contributed by atoms with Gasteiger partial charge >= 0.3 is 16.2 Å². The van der Waals surface area contributed by atoms with Crippen LogP contribution in [0.4, 0.5) is 4.79 Å². The molecule has 1 heterocycles. The molecule has 2 aromatic rings. The first-order valence-corrected chi connectivity index (χ1v) is 7.77. The fourth-order valence-corrected chi connectivity index (χ4v) is 3.08. The molecular weight excluding hydrogens is 294 g/mol. The Bertz CT molecular complexity index is 812. The van der Waals surface area contributed by atoms with E-state index in [1.165, 1.54) is 6.92 Å². The Morgan fingerprint density at radius 1 is 1.24 bits per heavy atom. The van der Waals surface area contributed by atoms with E-state index < -0.39 is 26.8 Å². The van der Waals surface area contributed by atoms with Crippen molar-refractivity contribution in [2.75, 3.05) is 0 Å². The Hall–Kier alpha value is -1.86. The first-order valence-electron chi connectivity index (χ1n) is 6.33. The van der Waals surface area contributed by atoms with Crippen LogP contribution < -0.4 is 0 Å². The topological polar surface area (TPSA) is 85.6 Å². The van der Waals surface area contributed by atoms with Gasteiger partial charge in [0.25, 0.3) is 0 Å². The van der Waals surface area contributed by atoms with Crippen LogP contribution in [0.5, 0.6) is 0 Å². The minimum Gasteiger partial charge on any atom is -0.443 e. The Kier molecular flexibility index (Phi) is 3.59. The van der Waals surface area contributed by atoms with Gasteiger partial charge in [-0.25, -0.2) is 9.36 Å². The second-order valence-electron chi connectivity index (χ2n) is 5.74. The molecule has 0 atom stereocenters. The number of benzene rings is 1. The molecule has 0 spiro atoms. The molecule has 7 heteroatoms. The highest BCUT2D eigenvalue weighted by atomic mass is 32.2. The van der Waals surface area contributed by atoms with Crippen molar-refractivity contribution in [3.63, 3.8) is 0 Å². The van der Waals surface area contributed by atoms with Gasteiger partial charge in [0.1, 0.15) is 5.60 Å². The summed E-state index contributed by atoms with van der Waals surface area (Å²) < 4.78 is 38.8. The molecule has 0 aliphatic carbocycles. The summed E-state index contributed by atoms with van der Waals surface area (Å²) in [6.45, 7) is 6.57. The molecule has 0 aliphatic rings. The molecule has 114 valence electrons. The first kappa shape index (κ1) is 15.5. The minimum atomic E-state index is -4.56. The van der Waals surface area contributed by atoms with Crippen molar-refractivity contribution >= 4 is 27.1 Å². The van der Waals surface area contributed by atoms with Crippen molar-refractivity contribution in [2.45, 2.75) is 38.3 Å². The summed E-state index contributed by atoms with van der Waals surface area (Å²) in [6, 6.07) is 6.68. The van der Waals surface area contributed by atoms with Gasteiger partial charge in [-0.1, -0.05) is 18.2 Å². The summed E-state index contributed by atoms with van der Waals surface area (Å²) in [5.74, 6) is 0. The van der Waals surface area contributed by atoms with Crippen LogP contribution in [0.25, 0.3) is 10.9 Å². The third kappa shape index (κ3) is 2.93. The SMILES string of the molecule is Cc1c(S(=O)(=O)O)n(C(=O)OC(C)(C)C)c2ccccc12. The predicted molar refractivity (Wildman–Crippen MR) is 78.1 cm³/mol. The number of aromatic nitrogens is 1. The number of carbonyl (C=O) groups excluding carboxylic acids is 1. The standard InChI is InChI=1S/C14H17NO5S/c1-9-10-7-5-6-8-11(10)15(12(9)21(17,18)19)13(16)20-14(2,3)4/h5-8H,1-4H3,(H,17,18,19). The fourth-order valence-electron chi connectivity index (χ4n) is 2.18. The van der Waals surface area contributed by atoms with Gasteiger partial charge < -0.3 is 4.74 Å². The molecule has 21 heavy (non-hydrogen) atoms. The average molecular weight is 311 g/mol. The van der Waals surface area contributed by atoms with E-state index in [2.05, 4.69) is 0 Å². The minimum absolute atomic E-state index is 0.305. The van der Waals surface area contributed by atoms with Crippen LogP contribution in [0, 0.1) is 6.92 Å². The Morgan fingerprint density at radius 2 is 1.81 bits per heavy atom. The number of para-hydroxylation sites is 1. The summed E-state index contributed by atoms with van der Waals surface area (Å²) in [4.78, 5) is 12.3. The van der Waals surface area contributed by atoms with Crippen LogP contribution in [-0.4, -0.2) is 29.2 Å². The molecule has 1 aromatic carbocycles. The van der Waals surface area contributed by atoms with Gasteiger partial charge in [-0.15, -0.1) is 0 Å². The summed E-state index contributed by atoms with van der Waals surface area (Å²) in [6.07, 6.45) is -0.848. The molecule has 0 bridgehead atoms. The molecule has 1 N–H and O–H groups in total. The first-order chi connectivity index (χ1) is 9.52. The van der Waals surface area contributed by atoms with Crippen LogP contribution in [-0.2, 0) is 14.9 Å². The van der Waals surface area contributed by atoms with E-state index in [-0.39, 0.29) is 0 Å². The van der Waals surface area contributed by atoms with Crippen LogP contribution in [0.1, 0.15) is 26.3 Å². The van der Waals surface area contributed by atoms with E-state index in [1.807, 2.05) is 0 Å². The molecule has 2 rings (SSSR count). The molecule has 0 aliphatic heterocycles. The summed E-state index contributed by atoms with van der Waals surface area (Å²) in [5.41, 5.74) is -0.108. The fraction of sp³-hybridized carbons (Fsp3) is 0.357. The maximum absolute atomic E-state index is 12.3. The van der Waals surface area contributed by atoms with E-state index in [0.717, 1.165) is 4.57 Å². The Labute approximate surface area is 123 Å². The maximum atomic E-state index is 12.3. The number of fused-ring (bicyclic) bond motifs is 1. The number of hydrogen-bond donors (Lipinski definition) is 1. The third-order valence-electron chi connectivity index (χ3n) is 2.89. The third-order valence-corrected chi connectivity index (χ3v) is 3.87. The molecule has 0 saturated heterocycles. The lowest BCUT2D eigenvalue weighted by Gasteiger charge is -2.20. The summed E-state index contributed by atoms with van der Waals surface area (Å²) in [5, 5.41) is 0.105. The van der Waals surface area contributed by atoms with Gasteiger partial charge in [-0.05, 0) is 39.3 Å². The largest absolute Gasteiger partial charge is 0.443 e. The van der Waals surface area contributed by atoms with E-state index in [9.17, 15) is 17.8 Å². The lowest BCUT2D eigenvalue weighted by atomic mass is 10.2. The van der Waals surface area contributed by atoms with Crippen molar-refractivity contribution in [3.8, 4) is 0 Å². The van der Waals surface area contributed by atoms with E-state index >= 15 is 0 Å². The van der Waals surface area contributed by atoms with Crippen LogP contribution in [0.15, 0.2) is 29.3 Å². The lowest BCUT2D eigenvalue weighted by molar-refractivity contribution is 0.0529. The molecule has 0 radical (unpaired) electrons. The summed E-state index contributed by atoms with van der Waals surface area (Å²) in [7, 11) is -4.56. The van der Waals surface area contributed by atoms with Gasteiger partial charge in [0.05, 0.1) is 5.52 Å². The van der Waals surface area contributed by atoms with Crippen molar-refractivity contribution < 1.29 is 22.5 Å². The van der Waals surface area contributed by atoms with Crippen molar-refractivity contribution in [1.29, 1.82) is 0 Å². The summed E-state index contributed by atoms with van der Waals surface area (Å²) >= 11 is 0. The average Bonchev–Trinajstić information content (AvgIpc) is 2.61. The molecule has 0 saturated carbocycles. The number of hydrogen-bond acceptors (Lipinski definition) is 4. The molecule has 0 fully saturated rings. The van der Waals surface area contributed by atoms with E-state index in [1.54, 1.807) is 45.0 Å². The number of rotatable bonds is 1. The zero-order valence-electron chi connectivity index (χ0n) is 12.2. The highest BCUT2D eigenvalue weighted by Crippen LogP contribution is 2.29. The van der Waals surface area contributed by atoms with E-state index in [4.69, 9.17) is 4.74 Å². The number of ether oxygens (including phenoxy) is 1. The maximum Gasteiger partial charge on any atom is 0.420 e. The highest BCUT2D eigenvalue weighted by Gasteiger charge is 2.29. The second kappa shape index (κ2) is 4.85. The Balaban J connectivity index is 2.80. The van der Waals surface area contributed by atoms with Crippen LogP contribution in [0.3, 0.4) is 0 Å². The lowest BCUT2D eigenvalue weighted by Crippen LogP contribution is -2.28. The molecule has 0 unspecified atom stereocenters. The molecule has 1 aromatic heterocycles. The quantitative estimate of drug-likeness (QED) is 0.818. The van der Waals surface area contributed by atoms with Crippen LogP contribution in [0.2, 0.25) is 0 Å². The highest BCUT2D eigenvalue weighted by molar-refractivity contribution is 7.85. The van der Waals surface area contributed by atoms with Crippen molar-refractivity contribution in [2.24, 2.45) is 0 Å². The van der Waals surface area contributed by atoms with Gasteiger partial charge in [0, 0.05) is 5.39 Å². The molecule has 6 nitrogen and oxygen atoms in total. The van der Waals surface area contributed by atoms with E-state index in [0.29, 0.717) is 16.5 Å². The van der Waals surface area contributed by atoms with Gasteiger partial charge in [0.15, 0.2) is 5.03 Å². The smallest absolute Gasteiger partial charge is 0.420 e. The van der Waals surface area contributed by atoms with Crippen molar-refractivity contribution in [3.05, 3.63) is 29.8 Å². The van der Waals surface area contributed by atoms with Gasteiger partial charge in [-0.2, -0.15) is 8.42 Å². The zero-order valence-corrected chi connectivity index (χ0v) is 13.1. The molecular formula is C14H17NO5S. The second-order valence-corrected chi connectivity index (χ2v) is 7.07. The van der Waals surface area contributed by atoms with Gasteiger partial charge in [0.2, 0.25) is 0 Å². The monoisotopic (exact) mass is 311 g/mol. The predicted octanol–water partition coefficient (Wildman–Crippen LogP) is 2.98.